The number of rotatable bonds is 8. The molecule has 1 heterocycles. The standard InChI is InChI=1S/C31H30ClF3N2O3/c32-24-9-3-5-20(11-24)15-37(29(38)21-8-4-10-25(12-21)40-31(33,34)35)18-28-26-16-36(17-27(26)28)19-30(39)13-22-6-1-2-7-23(22)14-30/h1-12,26-28,39H,13-19H2. The number of piperidine rings is 1. The summed E-state index contributed by atoms with van der Waals surface area (Å²) in [6.45, 7) is 3.14. The van der Waals surface area contributed by atoms with Crippen molar-refractivity contribution in [2.75, 3.05) is 26.2 Å². The first-order valence-electron chi connectivity index (χ1n) is 13.5. The molecule has 1 saturated carbocycles. The number of fused-ring (bicyclic) bond motifs is 2. The van der Waals surface area contributed by atoms with Crippen molar-refractivity contribution in [1.29, 1.82) is 0 Å². The zero-order valence-electron chi connectivity index (χ0n) is 21.8. The highest BCUT2D eigenvalue weighted by Crippen LogP contribution is 2.52. The smallest absolute Gasteiger partial charge is 0.406 e. The Morgan fingerprint density at radius 3 is 2.33 bits per heavy atom. The van der Waals surface area contributed by atoms with Crippen molar-refractivity contribution in [2.45, 2.75) is 31.3 Å². The van der Waals surface area contributed by atoms with Gasteiger partial charge in [0, 0.05) is 56.2 Å². The maximum atomic E-state index is 13.6. The molecule has 1 N–H and O–H groups in total. The normalized spacial score (nSPS) is 23.0. The molecule has 1 amide bonds. The number of hydrogen-bond donors (Lipinski definition) is 1. The maximum Gasteiger partial charge on any atom is 0.573 e. The van der Waals surface area contributed by atoms with E-state index in [1.807, 2.05) is 24.3 Å². The lowest BCUT2D eigenvalue weighted by Crippen LogP contribution is -2.44. The fourth-order valence-electron chi connectivity index (χ4n) is 6.68. The molecule has 0 bridgehead atoms. The average Bonchev–Trinajstić information content (AvgIpc) is 3.19. The molecule has 210 valence electrons. The Hall–Kier alpha value is -3.07. The van der Waals surface area contributed by atoms with Gasteiger partial charge in [-0.3, -0.25) is 9.69 Å². The third-order valence-corrected chi connectivity index (χ3v) is 8.65. The Balaban J connectivity index is 1.12. The summed E-state index contributed by atoms with van der Waals surface area (Å²) in [4.78, 5) is 17.6. The summed E-state index contributed by atoms with van der Waals surface area (Å²) in [5, 5.41) is 11.8. The van der Waals surface area contributed by atoms with E-state index in [-0.39, 0.29) is 11.5 Å². The second-order valence-electron chi connectivity index (χ2n) is 11.4. The van der Waals surface area contributed by atoms with E-state index in [1.54, 1.807) is 17.0 Å². The number of ether oxygens (including phenoxy) is 1. The second-order valence-corrected chi connectivity index (χ2v) is 11.9. The molecule has 6 rings (SSSR count). The fourth-order valence-corrected chi connectivity index (χ4v) is 6.89. The minimum absolute atomic E-state index is 0.138. The van der Waals surface area contributed by atoms with Crippen LogP contribution in [-0.2, 0) is 19.4 Å². The molecule has 1 aliphatic heterocycles. The molecule has 2 fully saturated rings. The molecule has 9 heteroatoms. The van der Waals surface area contributed by atoms with Crippen molar-refractivity contribution >= 4 is 17.5 Å². The lowest BCUT2D eigenvalue weighted by Gasteiger charge is -2.31. The molecule has 3 aromatic carbocycles. The van der Waals surface area contributed by atoms with Crippen LogP contribution in [0.1, 0.15) is 27.0 Å². The van der Waals surface area contributed by atoms with E-state index in [4.69, 9.17) is 11.6 Å². The number of hydrogen-bond acceptors (Lipinski definition) is 4. The molecule has 1 saturated heterocycles. The van der Waals surface area contributed by atoms with Gasteiger partial charge in [0.25, 0.3) is 5.91 Å². The molecule has 0 radical (unpaired) electrons. The minimum atomic E-state index is -4.84. The fraction of sp³-hybridized carbons (Fsp3) is 0.387. The van der Waals surface area contributed by atoms with Gasteiger partial charge in [0.15, 0.2) is 0 Å². The second kappa shape index (κ2) is 10.4. The molecule has 0 spiro atoms. The lowest BCUT2D eigenvalue weighted by atomic mass is 9.99. The first kappa shape index (κ1) is 27.1. The van der Waals surface area contributed by atoms with Gasteiger partial charge in [-0.05, 0) is 64.8 Å². The number of amides is 1. The summed E-state index contributed by atoms with van der Waals surface area (Å²) < 4.78 is 42.4. The zero-order valence-corrected chi connectivity index (χ0v) is 22.5. The van der Waals surface area contributed by atoms with Gasteiger partial charge in [-0.15, -0.1) is 13.2 Å². The van der Waals surface area contributed by atoms with E-state index in [0.717, 1.165) is 24.7 Å². The number of likely N-dealkylation sites (tertiary alicyclic amines) is 1. The van der Waals surface area contributed by atoms with Crippen LogP contribution < -0.4 is 4.74 Å². The molecule has 3 aliphatic rings. The number of benzene rings is 3. The zero-order chi connectivity index (χ0) is 28.1. The van der Waals surface area contributed by atoms with Crippen LogP contribution in [0.3, 0.4) is 0 Å². The number of nitrogens with zero attached hydrogens (tertiary/aromatic N) is 2. The highest BCUT2D eigenvalue weighted by atomic mass is 35.5. The van der Waals surface area contributed by atoms with Crippen LogP contribution in [0, 0.1) is 17.8 Å². The van der Waals surface area contributed by atoms with Crippen molar-refractivity contribution in [3.63, 3.8) is 0 Å². The van der Waals surface area contributed by atoms with Gasteiger partial charge in [-0.1, -0.05) is 54.1 Å². The monoisotopic (exact) mass is 570 g/mol. The summed E-state index contributed by atoms with van der Waals surface area (Å²) in [6.07, 6.45) is -3.51. The van der Waals surface area contributed by atoms with Crippen LogP contribution in [-0.4, -0.2) is 59.0 Å². The lowest BCUT2D eigenvalue weighted by molar-refractivity contribution is -0.274. The molecular formula is C31H30ClF3N2O3. The van der Waals surface area contributed by atoms with Gasteiger partial charge in [0.2, 0.25) is 0 Å². The van der Waals surface area contributed by atoms with Gasteiger partial charge in [-0.25, -0.2) is 0 Å². The van der Waals surface area contributed by atoms with Gasteiger partial charge < -0.3 is 14.7 Å². The van der Waals surface area contributed by atoms with Crippen LogP contribution in [0.4, 0.5) is 13.2 Å². The van der Waals surface area contributed by atoms with Gasteiger partial charge in [-0.2, -0.15) is 0 Å². The number of carbonyl (C=O) groups excluding carboxylic acids is 1. The van der Waals surface area contributed by atoms with Crippen molar-refractivity contribution in [3.8, 4) is 5.75 Å². The topological polar surface area (TPSA) is 53.0 Å². The molecule has 2 atom stereocenters. The summed E-state index contributed by atoms with van der Waals surface area (Å²) in [5.41, 5.74) is 2.66. The highest BCUT2D eigenvalue weighted by Gasteiger charge is 2.57. The van der Waals surface area contributed by atoms with E-state index in [0.29, 0.717) is 55.3 Å². The quantitative estimate of drug-likeness (QED) is 0.384. The number of halogens is 4. The third kappa shape index (κ3) is 5.99. The Bertz CT molecular complexity index is 1380. The van der Waals surface area contributed by atoms with E-state index in [9.17, 15) is 23.1 Å². The first-order valence-corrected chi connectivity index (χ1v) is 13.8. The van der Waals surface area contributed by atoms with Crippen molar-refractivity contribution in [1.82, 2.24) is 9.80 Å². The van der Waals surface area contributed by atoms with E-state index in [1.165, 1.54) is 29.3 Å². The minimum Gasteiger partial charge on any atom is -0.406 e. The van der Waals surface area contributed by atoms with Gasteiger partial charge in [0.05, 0.1) is 5.60 Å². The Labute approximate surface area is 236 Å². The molecule has 2 aliphatic carbocycles. The predicted octanol–water partition coefficient (Wildman–Crippen LogP) is 5.59. The summed E-state index contributed by atoms with van der Waals surface area (Å²) in [5.74, 6) is 0.354. The average molecular weight is 571 g/mol. The largest absolute Gasteiger partial charge is 0.573 e. The molecular weight excluding hydrogens is 541 g/mol. The van der Waals surface area contributed by atoms with Crippen LogP contribution in [0.2, 0.25) is 5.02 Å². The first-order chi connectivity index (χ1) is 19.1. The molecule has 5 nitrogen and oxygen atoms in total. The highest BCUT2D eigenvalue weighted by molar-refractivity contribution is 6.30. The van der Waals surface area contributed by atoms with Crippen LogP contribution in [0.15, 0.2) is 72.8 Å². The number of alkyl halides is 3. The molecule has 40 heavy (non-hydrogen) atoms. The summed E-state index contributed by atoms with van der Waals surface area (Å²) >= 11 is 6.18. The summed E-state index contributed by atoms with van der Waals surface area (Å²) in [7, 11) is 0. The Morgan fingerprint density at radius 1 is 1.00 bits per heavy atom. The van der Waals surface area contributed by atoms with Gasteiger partial charge >= 0.3 is 6.36 Å². The van der Waals surface area contributed by atoms with Crippen LogP contribution in [0.5, 0.6) is 5.75 Å². The van der Waals surface area contributed by atoms with Crippen molar-refractivity contribution < 1.29 is 27.8 Å². The summed E-state index contributed by atoms with van der Waals surface area (Å²) in [6, 6.07) is 20.6. The van der Waals surface area contributed by atoms with Crippen LogP contribution in [0.25, 0.3) is 0 Å². The molecule has 3 aromatic rings. The Morgan fingerprint density at radius 2 is 1.68 bits per heavy atom. The van der Waals surface area contributed by atoms with Gasteiger partial charge in [0.1, 0.15) is 5.75 Å². The third-order valence-electron chi connectivity index (χ3n) is 8.42. The number of aliphatic hydroxyl groups is 1. The SMILES string of the molecule is O=C(c1cccc(OC(F)(F)F)c1)N(Cc1cccc(Cl)c1)CC1C2CN(CC3(O)Cc4ccccc4C3)CC21. The van der Waals surface area contributed by atoms with Crippen LogP contribution >= 0.6 is 11.6 Å². The number of carbonyl (C=O) groups is 1. The number of β-amino-alcohol motifs (C(OH)–C–C–N with tert-alkyl or cyclic N) is 1. The van der Waals surface area contributed by atoms with E-state index >= 15 is 0 Å². The molecule has 2 unspecified atom stereocenters. The predicted molar refractivity (Wildman–Crippen MR) is 145 cm³/mol. The van der Waals surface area contributed by atoms with E-state index in [2.05, 4.69) is 21.8 Å². The van der Waals surface area contributed by atoms with Crippen molar-refractivity contribution in [3.05, 3.63) is 100 Å². The molecule has 0 aromatic heterocycles. The maximum absolute atomic E-state index is 13.6. The Kier molecular flexibility index (Phi) is 7.05. The van der Waals surface area contributed by atoms with E-state index < -0.39 is 17.7 Å². The van der Waals surface area contributed by atoms with Crippen molar-refractivity contribution in [2.24, 2.45) is 17.8 Å².